The minimum absolute atomic E-state index is 0.142. The van der Waals surface area contributed by atoms with Crippen molar-refractivity contribution in [2.24, 2.45) is 5.92 Å². The first-order valence-electron chi connectivity index (χ1n) is 6.26. The fraction of sp³-hybridized carbons (Fsp3) is 0.429. The third kappa shape index (κ3) is 2.88. The summed E-state index contributed by atoms with van der Waals surface area (Å²) in [6.45, 7) is 2.13. The van der Waals surface area contributed by atoms with Crippen LogP contribution < -0.4 is 5.32 Å². The second kappa shape index (κ2) is 5.21. The monoisotopic (exact) mass is 247 g/mol. The maximum atomic E-state index is 11.9. The largest absolute Gasteiger partial charge is 0.478 e. The predicted octanol–water partition coefficient (Wildman–Crippen LogP) is 2.30. The molecule has 2 atom stereocenters. The first kappa shape index (κ1) is 12.6. The van der Waals surface area contributed by atoms with Crippen molar-refractivity contribution < 1.29 is 14.7 Å². The van der Waals surface area contributed by atoms with E-state index in [0.29, 0.717) is 11.5 Å². The minimum atomic E-state index is -1.01. The molecule has 0 bridgehead atoms. The van der Waals surface area contributed by atoms with Crippen LogP contribution in [-0.4, -0.2) is 23.0 Å². The number of hydrogen-bond donors (Lipinski definition) is 2. The van der Waals surface area contributed by atoms with Crippen molar-refractivity contribution >= 4 is 11.9 Å². The summed E-state index contributed by atoms with van der Waals surface area (Å²) >= 11 is 0. The average molecular weight is 247 g/mol. The van der Waals surface area contributed by atoms with Gasteiger partial charge in [-0.15, -0.1) is 0 Å². The number of carbonyl (C=O) groups excluding carboxylic acids is 1. The molecule has 0 aromatic heterocycles. The van der Waals surface area contributed by atoms with Crippen LogP contribution in [0.4, 0.5) is 0 Å². The van der Waals surface area contributed by atoms with Crippen molar-refractivity contribution in [1.82, 2.24) is 5.32 Å². The number of carbonyl (C=O) groups is 2. The van der Waals surface area contributed by atoms with Crippen LogP contribution in [-0.2, 0) is 0 Å². The molecule has 1 saturated carbocycles. The number of aromatic carboxylic acids is 1. The lowest BCUT2D eigenvalue weighted by Crippen LogP contribution is -2.27. The number of hydrogen-bond acceptors (Lipinski definition) is 2. The number of benzene rings is 1. The fourth-order valence-corrected chi connectivity index (χ4v) is 2.16. The van der Waals surface area contributed by atoms with Crippen LogP contribution in [0.5, 0.6) is 0 Å². The van der Waals surface area contributed by atoms with E-state index in [1.54, 1.807) is 12.1 Å². The molecular weight excluding hydrogens is 230 g/mol. The summed E-state index contributed by atoms with van der Waals surface area (Å²) < 4.78 is 0. The third-order valence-electron chi connectivity index (χ3n) is 3.27. The summed E-state index contributed by atoms with van der Waals surface area (Å²) in [5.74, 6) is -0.594. The molecule has 2 rings (SSSR count). The van der Waals surface area contributed by atoms with E-state index < -0.39 is 5.97 Å². The SMILES string of the molecule is CCCC1CC1NC(=O)c1cccc(C(=O)O)c1. The molecule has 4 nitrogen and oxygen atoms in total. The summed E-state index contributed by atoms with van der Waals surface area (Å²) in [4.78, 5) is 22.7. The van der Waals surface area contributed by atoms with E-state index in [0.717, 1.165) is 19.3 Å². The molecule has 0 radical (unpaired) electrons. The van der Waals surface area contributed by atoms with Gasteiger partial charge in [-0.05, 0) is 37.0 Å². The minimum Gasteiger partial charge on any atom is -0.478 e. The molecule has 1 aliphatic carbocycles. The van der Waals surface area contributed by atoms with E-state index in [1.165, 1.54) is 12.1 Å². The van der Waals surface area contributed by atoms with Gasteiger partial charge < -0.3 is 10.4 Å². The van der Waals surface area contributed by atoms with Crippen LogP contribution >= 0.6 is 0 Å². The molecule has 18 heavy (non-hydrogen) atoms. The lowest BCUT2D eigenvalue weighted by molar-refractivity contribution is 0.0697. The van der Waals surface area contributed by atoms with Gasteiger partial charge >= 0.3 is 5.97 Å². The number of carboxylic acids is 1. The molecule has 4 heteroatoms. The summed E-state index contributed by atoms with van der Waals surface area (Å²) in [6.07, 6.45) is 3.31. The predicted molar refractivity (Wildman–Crippen MR) is 67.7 cm³/mol. The molecule has 1 aromatic rings. The average Bonchev–Trinajstić information content (AvgIpc) is 3.08. The molecule has 2 N–H and O–H groups in total. The van der Waals surface area contributed by atoms with Crippen molar-refractivity contribution in [3.63, 3.8) is 0 Å². The topological polar surface area (TPSA) is 66.4 Å². The Bertz CT molecular complexity index is 470. The molecule has 0 aliphatic heterocycles. The molecular formula is C14H17NO3. The molecule has 0 saturated heterocycles. The Hall–Kier alpha value is -1.84. The van der Waals surface area contributed by atoms with E-state index in [-0.39, 0.29) is 17.5 Å². The van der Waals surface area contributed by atoms with Crippen LogP contribution in [0, 0.1) is 5.92 Å². The molecule has 1 amide bonds. The second-order valence-corrected chi connectivity index (χ2v) is 4.75. The van der Waals surface area contributed by atoms with Crippen molar-refractivity contribution in [2.75, 3.05) is 0 Å². The zero-order chi connectivity index (χ0) is 13.1. The first-order chi connectivity index (χ1) is 8.61. The van der Waals surface area contributed by atoms with Crippen LogP contribution in [0.3, 0.4) is 0 Å². The molecule has 0 spiro atoms. The van der Waals surface area contributed by atoms with Crippen LogP contribution in [0.1, 0.15) is 46.9 Å². The van der Waals surface area contributed by atoms with Gasteiger partial charge in [-0.2, -0.15) is 0 Å². The van der Waals surface area contributed by atoms with E-state index in [9.17, 15) is 9.59 Å². The fourth-order valence-electron chi connectivity index (χ4n) is 2.16. The molecule has 1 aromatic carbocycles. The van der Waals surface area contributed by atoms with Gasteiger partial charge in [0.2, 0.25) is 0 Å². The summed E-state index contributed by atoms with van der Waals surface area (Å²) in [5.41, 5.74) is 0.556. The van der Waals surface area contributed by atoms with Gasteiger partial charge in [-0.25, -0.2) is 4.79 Å². The molecule has 0 heterocycles. The normalized spacial score (nSPS) is 21.4. The van der Waals surface area contributed by atoms with Crippen molar-refractivity contribution in [3.05, 3.63) is 35.4 Å². The Morgan fingerprint density at radius 2 is 2.11 bits per heavy atom. The Kier molecular flexibility index (Phi) is 3.65. The summed E-state index contributed by atoms with van der Waals surface area (Å²) in [6, 6.07) is 6.39. The zero-order valence-corrected chi connectivity index (χ0v) is 10.3. The molecule has 1 aliphatic rings. The van der Waals surface area contributed by atoms with Gasteiger partial charge in [0.25, 0.3) is 5.91 Å². The highest BCUT2D eigenvalue weighted by atomic mass is 16.4. The summed E-state index contributed by atoms with van der Waals surface area (Å²) in [5, 5.41) is 11.8. The number of rotatable bonds is 5. The van der Waals surface area contributed by atoms with Gasteiger partial charge in [-0.3, -0.25) is 4.79 Å². The van der Waals surface area contributed by atoms with Gasteiger partial charge in [0.05, 0.1) is 5.56 Å². The van der Waals surface area contributed by atoms with Gasteiger partial charge in [-0.1, -0.05) is 19.4 Å². The smallest absolute Gasteiger partial charge is 0.335 e. The molecule has 1 fully saturated rings. The summed E-state index contributed by atoms with van der Waals surface area (Å²) in [7, 11) is 0. The van der Waals surface area contributed by atoms with E-state index >= 15 is 0 Å². The Balaban J connectivity index is 1.97. The zero-order valence-electron chi connectivity index (χ0n) is 10.3. The van der Waals surface area contributed by atoms with E-state index in [1.807, 2.05) is 0 Å². The van der Waals surface area contributed by atoms with Crippen molar-refractivity contribution in [1.29, 1.82) is 0 Å². The Morgan fingerprint density at radius 1 is 1.39 bits per heavy atom. The van der Waals surface area contributed by atoms with Gasteiger partial charge in [0.1, 0.15) is 0 Å². The number of carboxylic acid groups (broad SMARTS) is 1. The second-order valence-electron chi connectivity index (χ2n) is 4.75. The van der Waals surface area contributed by atoms with Crippen molar-refractivity contribution in [2.45, 2.75) is 32.2 Å². The highest BCUT2D eigenvalue weighted by Crippen LogP contribution is 2.34. The highest BCUT2D eigenvalue weighted by molar-refractivity contribution is 5.97. The van der Waals surface area contributed by atoms with E-state index in [2.05, 4.69) is 12.2 Å². The maximum absolute atomic E-state index is 11.9. The number of nitrogens with one attached hydrogen (secondary N) is 1. The Labute approximate surface area is 106 Å². The van der Waals surface area contributed by atoms with Crippen LogP contribution in [0.25, 0.3) is 0 Å². The van der Waals surface area contributed by atoms with Crippen molar-refractivity contribution in [3.8, 4) is 0 Å². The molecule has 96 valence electrons. The highest BCUT2D eigenvalue weighted by Gasteiger charge is 2.37. The lowest BCUT2D eigenvalue weighted by Gasteiger charge is -2.05. The lowest BCUT2D eigenvalue weighted by atomic mass is 10.1. The van der Waals surface area contributed by atoms with Gasteiger partial charge in [0, 0.05) is 11.6 Å². The van der Waals surface area contributed by atoms with Gasteiger partial charge in [0.15, 0.2) is 0 Å². The van der Waals surface area contributed by atoms with Crippen LogP contribution in [0.15, 0.2) is 24.3 Å². The third-order valence-corrected chi connectivity index (χ3v) is 3.27. The van der Waals surface area contributed by atoms with Crippen LogP contribution in [0.2, 0.25) is 0 Å². The quantitative estimate of drug-likeness (QED) is 0.839. The standard InChI is InChI=1S/C14H17NO3/c1-2-4-9-8-12(9)15-13(16)10-5-3-6-11(7-10)14(17)18/h3,5-7,9,12H,2,4,8H2,1H3,(H,15,16)(H,17,18). The molecule has 2 unspecified atom stereocenters. The maximum Gasteiger partial charge on any atom is 0.335 e. The first-order valence-corrected chi connectivity index (χ1v) is 6.26. The Morgan fingerprint density at radius 3 is 2.78 bits per heavy atom. The van der Waals surface area contributed by atoms with E-state index in [4.69, 9.17) is 5.11 Å². The number of amides is 1.